The Morgan fingerprint density at radius 3 is 2.59 bits per heavy atom. The van der Waals surface area contributed by atoms with Crippen molar-refractivity contribution < 1.29 is 27.5 Å². The van der Waals surface area contributed by atoms with Crippen molar-refractivity contribution in [3.05, 3.63) is 58.7 Å². The van der Waals surface area contributed by atoms with E-state index in [1.54, 1.807) is 0 Å². The van der Waals surface area contributed by atoms with E-state index in [0.29, 0.717) is 35.3 Å². The van der Waals surface area contributed by atoms with Gasteiger partial charge in [0.2, 0.25) is 0 Å². The van der Waals surface area contributed by atoms with Crippen LogP contribution in [0.4, 0.5) is 13.2 Å². The molecule has 204 valence electrons. The predicted molar refractivity (Wildman–Crippen MR) is 139 cm³/mol. The first kappa shape index (κ1) is 28.4. The van der Waals surface area contributed by atoms with Crippen LogP contribution in [0.25, 0.3) is 22.0 Å². The van der Waals surface area contributed by atoms with Crippen LogP contribution >= 0.6 is 11.5 Å². The van der Waals surface area contributed by atoms with Gasteiger partial charge in [0.15, 0.2) is 5.82 Å². The number of ether oxygens (including phenoxy) is 1. The third-order valence-corrected chi connectivity index (χ3v) is 7.27. The summed E-state index contributed by atoms with van der Waals surface area (Å²) in [6.07, 6.45) is -3.68. The highest BCUT2D eigenvalue weighted by Gasteiger charge is 2.45. The van der Waals surface area contributed by atoms with Crippen molar-refractivity contribution in [3.8, 4) is 28.0 Å². The van der Waals surface area contributed by atoms with Crippen LogP contribution in [0.3, 0.4) is 0 Å². The molecule has 0 amide bonds. The molecule has 0 unspecified atom stereocenters. The molecule has 2 aromatic carbocycles. The minimum atomic E-state index is -5.20. The summed E-state index contributed by atoms with van der Waals surface area (Å²) in [6, 6.07) is 13.9. The molecule has 11 heteroatoms. The third-order valence-electron chi connectivity index (χ3n) is 6.51. The van der Waals surface area contributed by atoms with E-state index in [4.69, 9.17) is 4.98 Å². The van der Waals surface area contributed by atoms with Crippen LogP contribution in [-0.4, -0.2) is 45.5 Å². The summed E-state index contributed by atoms with van der Waals surface area (Å²) in [4.78, 5) is 29.5. The number of hydrogen-bond donors (Lipinski definition) is 0. The molecular weight excluding hydrogens is 529 g/mol. The molecule has 1 aliphatic heterocycles. The number of esters is 2. The number of carbonyl (C=O) groups excluding carboxylic acids is 2. The molecule has 0 saturated carbocycles. The van der Waals surface area contributed by atoms with Gasteiger partial charge in [0.05, 0.1) is 17.6 Å². The van der Waals surface area contributed by atoms with Crippen LogP contribution < -0.4 is 0 Å². The number of alkyl halides is 3. The molecule has 1 aliphatic rings. The lowest BCUT2D eigenvalue weighted by Gasteiger charge is -2.37. The first-order valence-electron chi connectivity index (χ1n) is 12.5. The van der Waals surface area contributed by atoms with Gasteiger partial charge in [-0.25, -0.2) is 9.78 Å². The Morgan fingerprint density at radius 2 is 1.95 bits per heavy atom. The number of likely N-dealkylation sites (tertiary alicyclic amines) is 1. The van der Waals surface area contributed by atoms with Gasteiger partial charge in [0, 0.05) is 30.8 Å². The Hall–Kier alpha value is -3.62. The van der Waals surface area contributed by atoms with Crippen molar-refractivity contribution in [2.24, 2.45) is 11.8 Å². The zero-order valence-electron chi connectivity index (χ0n) is 21.7. The SMILES string of the molecule is CCc1c(CN2CC(C(=O)OC(=O)C(F)(F)F)C2)cccc1-c1nsc(-c2ccc(CC(C)C)c(C#N)c2)n1. The molecule has 0 aliphatic carbocycles. The highest BCUT2D eigenvalue weighted by Crippen LogP contribution is 2.32. The van der Waals surface area contributed by atoms with E-state index in [9.17, 15) is 28.0 Å². The van der Waals surface area contributed by atoms with Crippen LogP contribution in [0.1, 0.15) is 43.0 Å². The second-order valence-electron chi connectivity index (χ2n) is 9.90. The molecule has 2 heterocycles. The average molecular weight is 557 g/mol. The zero-order chi connectivity index (χ0) is 28.3. The Labute approximate surface area is 228 Å². The first-order chi connectivity index (χ1) is 18.5. The monoisotopic (exact) mass is 556 g/mol. The fraction of sp³-hybridized carbons (Fsp3) is 0.393. The number of carbonyl (C=O) groups is 2. The topological polar surface area (TPSA) is 96.2 Å². The van der Waals surface area contributed by atoms with Crippen molar-refractivity contribution in [2.45, 2.75) is 46.3 Å². The van der Waals surface area contributed by atoms with Crippen LogP contribution in [0, 0.1) is 23.2 Å². The zero-order valence-corrected chi connectivity index (χ0v) is 22.5. The second-order valence-corrected chi connectivity index (χ2v) is 10.7. The standard InChI is InChI=1S/C28H27F3N4O3S/c1-4-22-19(13-35-14-21(15-35)26(36)38-27(37)28(29,30)31)6-5-7-23(22)24-33-25(39-34-24)18-9-8-17(10-16(2)3)20(11-18)12-32/h5-9,11,16,21H,4,10,13-15H2,1-3H3. The Balaban J connectivity index is 1.47. The molecule has 0 atom stereocenters. The van der Waals surface area contributed by atoms with E-state index in [0.717, 1.165) is 34.2 Å². The van der Waals surface area contributed by atoms with Crippen molar-refractivity contribution in [1.29, 1.82) is 5.26 Å². The lowest BCUT2D eigenvalue weighted by atomic mass is 9.94. The molecule has 1 saturated heterocycles. The van der Waals surface area contributed by atoms with E-state index >= 15 is 0 Å². The van der Waals surface area contributed by atoms with Crippen molar-refractivity contribution in [1.82, 2.24) is 14.3 Å². The van der Waals surface area contributed by atoms with Crippen LogP contribution in [0.5, 0.6) is 0 Å². The molecule has 1 aromatic heterocycles. The normalized spacial score (nSPS) is 14.2. The molecule has 0 N–H and O–H groups in total. The number of aromatic nitrogens is 2. The van der Waals surface area contributed by atoms with Gasteiger partial charge in [-0.15, -0.1) is 0 Å². The molecular formula is C28H27F3N4O3S. The lowest BCUT2D eigenvalue weighted by molar-refractivity contribution is -0.204. The van der Waals surface area contributed by atoms with Gasteiger partial charge < -0.3 is 4.74 Å². The molecule has 3 aromatic rings. The van der Waals surface area contributed by atoms with Gasteiger partial charge in [0.1, 0.15) is 5.01 Å². The first-order valence-corrected chi connectivity index (χ1v) is 13.3. The third kappa shape index (κ3) is 6.52. The summed E-state index contributed by atoms with van der Waals surface area (Å²) in [7, 11) is 0. The fourth-order valence-electron chi connectivity index (χ4n) is 4.61. The smallest absolute Gasteiger partial charge is 0.386 e. The largest absolute Gasteiger partial charge is 0.491 e. The summed E-state index contributed by atoms with van der Waals surface area (Å²) in [5.41, 5.74) is 5.38. The quantitative estimate of drug-likeness (QED) is 0.264. The van der Waals surface area contributed by atoms with E-state index in [2.05, 4.69) is 29.0 Å². The van der Waals surface area contributed by atoms with Crippen LogP contribution in [0.2, 0.25) is 0 Å². The maximum Gasteiger partial charge on any atom is 0.491 e. The second kappa shape index (κ2) is 11.6. The van der Waals surface area contributed by atoms with Gasteiger partial charge in [-0.2, -0.15) is 22.8 Å². The molecule has 39 heavy (non-hydrogen) atoms. The molecule has 0 radical (unpaired) electrons. The van der Waals surface area contributed by atoms with Gasteiger partial charge >= 0.3 is 18.1 Å². The van der Waals surface area contributed by atoms with Crippen molar-refractivity contribution in [3.63, 3.8) is 0 Å². The van der Waals surface area contributed by atoms with E-state index < -0.39 is 24.0 Å². The fourth-order valence-corrected chi connectivity index (χ4v) is 5.28. The van der Waals surface area contributed by atoms with Gasteiger partial charge in [-0.1, -0.05) is 51.1 Å². The number of benzene rings is 2. The summed E-state index contributed by atoms with van der Waals surface area (Å²) in [6.45, 7) is 7.12. The van der Waals surface area contributed by atoms with Gasteiger partial charge in [-0.3, -0.25) is 9.69 Å². The van der Waals surface area contributed by atoms with Crippen molar-refractivity contribution >= 4 is 23.5 Å². The Morgan fingerprint density at radius 1 is 1.21 bits per heavy atom. The maximum absolute atomic E-state index is 12.3. The summed E-state index contributed by atoms with van der Waals surface area (Å²) in [5, 5.41) is 10.3. The predicted octanol–water partition coefficient (Wildman–Crippen LogP) is 5.57. The van der Waals surface area contributed by atoms with Gasteiger partial charge in [-0.05, 0) is 53.0 Å². The van der Waals surface area contributed by atoms with E-state index in [-0.39, 0.29) is 13.1 Å². The Kier molecular flexibility index (Phi) is 8.47. The number of halogens is 3. The summed E-state index contributed by atoms with van der Waals surface area (Å²) < 4.78 is 45.6. The summed E-state index contributed by atoms with van der Waals surface area (Å²) >= 11 is 1.26. The number of nitriles is 1. The number of nitrogens with zero attached hydrogens (tertiary/aromatic N) is 4. The van der Waals surface area contributed by atoms with Crippen LogP contribution in [-0.2, 0) is 33.7 Å². The highest BCUT2D eigenvalue weighted by molar-refractivity contribution is 7.09. The Bertz CT molecular complexity index is 1420. The van der Waals surface area contributed by atoms with E-state index in [1.807, 2.05) is 48.2 Å². The number of hydrogen-bond acceptors (Lipinski definition) is 8. The van der Waals surface area contributed by atoms with Crippen LogP contribution in [0.15, 0.2) is 36.4 Å². The maximum atomic E-state index is 12.3. The number of rotatable bonds is 8. The lowest BCUT2D eigenvalue weighted by Crippen LogP contribution is -2.51. The minimum absolute atomic E-state index is 0.199. The molecule has 1 fully saturated rings. The molecule has 4 rings (SSSR count). The highest BCUT2D eigenvalue weighted by atomic mass is 32.1. The average Bonchev–Trinajstić information content (AvgIpc) is 3.35. The van der Waals surface area contributed by atoms with Gasteiger partial charge in [0.25, 0.3) is 0 Å². The van der Waals surface area contributed by atoms with E-state index in [1.165, 1.54) is 11.5 Å². The van der Waals surface area contributed by atoms with Crippen molar-refractivity contribution in [2.75, 3.05) is 13.1 Å². The minimum Gasteiger partial charge on any atom is -0.386 e. The molecule has 0 spiro atoms. The summed E-state index contributed by atoms with van der Waals surface area (Å²) in [5.74, 6) is -3.41. The molecule has 7 nitrogen and oxygen atoms in total. The molecule has 0 bridgehead atoms.